The van der Waals surface area contributed by atoms with Gasteiger partial charge in [-0.1, -0.05) is 6.58 Å². The molecule has 0 aromatic rings. The Hall–Kier alpha value is -1.00. The summed E-state index contributed by atoms with van der Waals surface area (Å²) in [5.41, 5.74) is 0.455. The van der Waals surface area contributed by atoms with Gasteiger partial charge >= 0.3 is 16.4 Å². The van der Waals surface area contributed by atoms with Gasteiger partial charge < -0.3 is 15.4 Å². The largest absolute Gasteiger partial charge is 0.456 e. The lowest BCUT2D eigenvalue weighted by molar-refractivity contribution is -0.870. The Labute approximate surface area is 115 Å². The summed E-state index contributed by atoms with van der Waals surface area (Å²) in [6, 6.07) is 0. The molecule has 116 valence electrons. The van der Waals surface area contributed by atoms with E-state index in [0.717, 1.165) is 18.1 Å². The maximum Gasteiger partial charge on any atom is 0.397 e. The Morgan fingerprint density at radius 2 is 1.68 bits per heavy atom. The van der Waals surface area contributed by atoms with Crippen molar-refractivity contribution in [2.75, 3.05) is 41.4 Å². The highest BCUT2D eigenvalue weighted by molar-refractivity contribution is 7.80. The van der Waals surface area contributed by atoms with Crippen LogP contribution >= 0.6 is 0 Å². The molecule has 0 unspecified atom stereocenters. The van der Waals surface area contributed by atoms with Crippen LogP contribution < -0.4 is 6.15 Å². The summed E-state index contributed by atoms with van der Waals surface area (Å²) < 4.78 is 35.4. The predicted octanol–water partition coefficient (Wildman–Crippen LogP) is 0.410. The van der Waals surface area contributed by atoms with Gasteiger partial charge in [-0.25, -0.2) is 4.79 Å². The van der Waals surface area contributed by atoms with Crippen LogP contribution in [0.1, 0.15) is 6.92 Å². The fraction of sp³-hybridized carbons (Fsp3) is 0.700. The third-order valence-corrected chi connectivity index (χ3v) is 1.98. The second kappa shape index (κ2) is 9.87. The zero-order chi connectivity index (χ0) is 15.0. The molecule has 8 nitrogen and oxygen atoms in total. The van der Waals surface area contributed by atoms with Gasteiger partial charge in [-0.15, -0.1) is 0 Å². The van der Waals surface area contributed by atoms with E-state index in [1.165, 1.54) is 0 Å². The standard InChI is InChI=1S/C9H18NO2.CH4O4S.H3N/c1-8(2)9(11)12-7-6-10(3,4)5;1-5-6(2,3)4;/h1,6-7H2,2-5H3;1H3,(H,2,3,4);1H3/q+1;;. The average Bonchev–Trinajstić information content (AvgIpc) is 2.15. The van der Waals surface area contributed by atoms with E-state index in [1.54, 1.807) is 6.92 Å². The molecule has 0 radical (unpaired) electrons. The zero-order valence-electron chi connectivity index (χ0n) is 12.2. The highest BCUT2D eigenvalue weighted by Gasteiger charge is 2.09. The van der Waals surface area contributed by atoms with Gasteiger partial charge in [0.25, 0.3) is 0 Å². The predicted molar refractivity (Wildman–Crippen MR) is 72.3 cm³/mol. The maximum atomic E-state index is 10.9. The Kier molecular flexibility index (Phi) is 12.0. The number of carbonyl (C=O) groups is 1. The number of esters is 1. The monoisotopic (exact) mass is 301 g/mol. The van der Waals surface area contributed by atoms with E-state index in [-0.39, 0.29) is 12.1 Å². The lowest BCUT2D eigenvalue weighted by Crippen LogP contribution is -2.38. The van der Waals surface area contributed by atoms with Crippen LogP contribution in [0, 0.1) is 0 Å². The van der Waals surface area contributed by atoms with E-state index in [4.69, 9.17) is 9.29 Å². The van der Waals surface area contributed by atoms with Gasteiger partial charge in [-0.05, 0) is 6.92 Å². The van der Waals surface area contributed by atoms with Crippen molar-refractivity contribution in [3.63, 3.8) is 0 Å². The third-order valence-electron chi connectivity index (χ3n) is 1.55. The molecule has 0 amide bonds. The minimum Gasteiger partial charge on any atom is -0.456 e. The van der Waals surface area contributed by atoms with Crippen molar-refractivity contribution in [1.29, 1.82) is 0 Å². The molecular formula is C10H25N2O6S+. The maximum absolute atomic E-state index is 10.9. The van der Waals surface area contributed by atoms with Crippen LogP contribution in [-0.2, 0) is 24.1 Å². The van der Waals surface area contributed by atoms with Crippen LogP contribution in [0.5, 0.6) is 0 Å². The van der Waals surface area contributed by atoms with Gasteiger partial charge in [0.2, 0.25) is 0 Å². The molecule has 0 bridgehead atoms. The van der Waals surface area contributed by atoms with E-state index < -0.39 is 10.4 Å². The van der Waals surface area contributed by atoms with Gasteiger partial charge in [0, 0.05) is 5.57 Å². The Balaban J connectivity index is -0.000000313. The van der Waals surface area contributed by atoms with Gasteiger partial charge in [0.1, 0.15) is 13.2 Å². The normalized spacial score (nSPS) is 10.6. The first kappa shape index (κ1) is 23.1. The molecule has 0 aromatic heterocycles. The van der Waals surface area contributed by atoms with Crippen molar-refractivity contribution in [1.82, 2.24) is 6.15 Å². The fourth-order valence-electron chi connectivity index (χ4n) is 0.535. The molecule has 0 spiro atoms. The van der Waals surface area contributed by atoms with E-state index in [2.05, 4.69) is 31.9 Å². The number of carbonyl (C=O) groups excluding carboxylic acids is 1. The zero-order valence-corrected chi connectivity index (χ0v) is 13.0. The second-order valence-electron chi connectivity index (χ2n) is 4.52. The molecule has 0 aromatic carbocycles. The molecule has 9 heteroatoms. The first-order valence-corrected chi connectivity index (χ1v) is 6.41. The molecule has 0 atom stereocenters. The van der Waals surface area contributed by atoms with Crippen LogP contribution in [0.25, 0.3) is 0 Å². The number of ether oxygens (including phenoxy) is 1. The summed E-state index contributed by atoms with van der Waals surface area (Å²) in [4.78, 5) is 10.9. The lowest BCUT2D eigenvalue weighted by Gasteiger charge is -2.23. The summed E-state index contributed by atoms with van der Waals surface area (Å²) in [6.45, 7) is 6.41. The molecule has 0 saturated heterocycles. The highest BCUT2D eigenvalue weighted by atomic mass is 32.3. The van der Waals surface area contributed by atoms with Crippen molar-refractivity contribution in [2.24, 2.45) is 0 Å². The number of likely N-dealkylation sites (N-methyl/N-ethyl adjacent to an activating group) is 1. The molecule has 0 heterocycles. The molecule has 0 aliphatic carbocycles. The molecule has 4 N–H and O–H groups in total. The molecule has 19 heavy (non-hydrogen) atoms. The molecule has 0 rings (SSSR count). The highest BCUT2D eigenvalue weighted by Crippen LogP contribution is 1.94. The van der Waals surface area contributed by atoms with E-state index in [0.29, 0.717) is 12.2 Å². The number of hydrogen-bond acceptors (Lipinski definition) is 6. The van der Waals surface area contributed by atoms with Crippen LogP contribution in [0.4, 0.5) is 0 Å². The molecule has 0 saturated carbocycles. The van der Waals surface area contributed by atoms with Crippen molar-refractivity contribution < 1.29 is 31.2 Å². The second-order valence-corrected chi connectivity index (χ2v) is 5.71. The van der Waals surface area contributed by atoms with Crippen LogP contribution in [0.15, 0.2) is 12.2 Å². The van der Waals surface area contributed by atoms with E-state index in [9.17, 15) is 13.2 Å². The molecule has 0 aliphatic heterocycles. The number of rotatable bonds is 5. The average molecular weight is 301 g/mol. The van der Waals surface area contributed by atoms with Gasteiger partial charge in [0.15, 0.2) is 0 Å². The van der Waals surface area contributed by atoms with Crippen LogP contribution in [0.3, 0.4) is 0 Å². The van der Waals surface area contributed by atoms with Gasteiger partial charge in [0.05, 0.1) is 28.3 Å². The Morgan fingerprint density at radius 3 is 1.89 bits per heavy atom. The summed E-state index contributed by atoms with van der Waals surface area (Å²) in [5.74, 6) is -0.302. The first-order chi connectivity index (χ1) is 7.89. The smallest absolute Gasteiger partial charge is 0.397 e. The third kappa shape index (κ3) is 22.6. The van der Waals surface area contributed by atoms with E-state index >= 15 is 0 Å². The van der Waals surface area contributed by atoms with Gasteiger partial charge in [-0.3, -0.25) is 8.74 Å². The van der Waals surface area contributed by atoms with Crippen LogP contribution in [-0.4, -0.2) is 64.8 Å². The van der Waals surface area contributed by atoms with Crippen molar-refractivity contribution >= 4 is 16.4 Å². The van der Waals surface area contributed by atoms with Crippen LogP contribution in [0.2, 0.25) is 0 Å². The van der Waals surface area contributed by atoms with Gasteiger partial charge in [-0.2, -0.15) is 8.42 Å². The van der Waals surface area contributed by atoms with Crippen molar-refractivity contribution in [2.45, 2.75) is 6.92 Å². The summed E-state index contributed by atoms with van der Waals surface area (Å²) in [6.07, 6.45) is 0. The summed E-state index contributed by atoms with van der Waals surface area (Å²) in [5, 5.41) is 0. The topological polar surface area (TPSA) is 125 Å². The van der Waals surface area contributed by atoms with Crippen molar-refractivity contribution in [3.8, 4) is 0 Å². The summed E-state index contributed by atoms with van der Waals surface area (Å²) >= 11 is 0. The SMILES string of the molecule is C=C(C)C(=O)OCC[N+](C)(C)C.COS(=O)(=O)O.N. The Morgan fingerprint density at radius 1 is 1.32 bits per heavy atom. The fourth-order valence-corrected chi connectivity index (χ4v) is 0.535. The Bertz CT molecular complexity index is 372. The number of quaternary nitrogens is 1. The number of nitrogens with zero attached hydrogens (tertiary/aromatic N) is 1. The minimum atomic E-state index is -4.16. The molecule has 0 fully saturated rings. The quantitative estimate of drug-likeness (QED) is 0.326. The lowest BCUT2D eigenvalue weighted by atomic mass is 10.4. The van der Waals surface area contributed by atoms with E-state index in [1.807, 2.05) is 0 Å². The molecule has 0 aliphatic rings. The molecular weight excluding hydrogens is 276 g/mol. The van der Waals surface area contributed by atoms with Crippen molar-refractivity contribution in [3.05, 3.63) is 12.2 Å². The first-order valence-electron chi connectivity index (χ1n) is 5.05. The minimum absolute atomic E-state index is 0. The summed E-state index contributed by atoms with van der Waals surface area (Å²) in [7, 11) is 2.86. The number of hydrogen-bond donors (Lipinski definition) is 2.